The zero-order valence-electron chi connectivity index (χ0n) is 19.5. The predicted octanol–water partition coefficient (Wildman–Crippen LogP) is 6.31. The summed E-state index contributed by atoms with van der Waals surface area (Å²) in [5, 5.41) is 20.2. The minimum Gasteiger partial charge on any atom is -0.393 e. The van der Waals surface area contributed by atoms with Gasteiger partial charge in [0, 0.05) is 0 Å². The molecule has 0 spiro atoms. The molecule has 2 nitrogen and oxygen atoms in total. The van der Waals surface area contributed by atoms with Crippen LogP contribution >= 0.6 is 0 Å². The lowest BCUT2D eigenvalue weighted by Gasteiger charge is -2.54. The van der Waals surface area contributed by atoms with Gasteiger partial charge in [-0.15, -0.1) is 0 Å². The Morgan fingerprint density at radius 2 is 1.86 bits per heavy atom. The van der Waals surface area contributed by atoms with E-state index in [9.17, 15) is 14.6 Å². The second-order valence-corrected chi connectivity index (χ2v) is 11.5. The summed E-state index contributed by atoms with van der Waals surface area (Å²) in [6, 6.07) is 0. The highest BCUT2D eigenvalue weighted by Crippen LogP contribution is 2.64. The fourth-order valence-electron chi connectivity index (χ4n) is 8.01. The number of rotatable bonds is 4. The normalized spacial score (nSPS) is 42.6. The first-order valence-corrected chi connectivity index (χ1v) is 12.2. The second kappa shape index (κ2) is 8.99. The molecule has 8 atom stereocenters. The number of aliphatic hydroxyl groups excluding tert-OH is 1. The van der Waals surface area contributed by atoms with E-state index in [0.717, 1.165) is 61.2 Å². The van der Waals surface area contributed by atoms with E-state index in [2.05, 4.69) is 19.9 Å². The van der Waals surface area contributed by atoms with Crippen LogP contribution in [0.5, 0.6) is 0 Å². The smallest absolute Gasteiger partial charge is 0.0785 e. The quantitative estimate of drug-likeness (QED) is 0.535. The van der Waals surface area contributed by atoms with E-state index < -0.39 is 5.60 Å². The first-order chi connectivity index (χ1) is 13.7. The maximum absolute atomic E-state index is 10.2. The monoisotopic (exact) mass is 408 g/mol. The van der Waals surface area contributed by atoms with Crippen molar-refractivity contribution in [2.24, 2.45) is 40.9 Å². The van der Waals surface area contributed by atoms with Gasteiger partial charge in [-0.05, 0) is 119 Å². The van der Waals surface area contributed by atoms with Gasteiger partial charge in [0.1, 0.15) is 0 Å². The molecular weight excluding hydrogens is 363 g/mol. The van der Waals surface area contributed by atoms with Gasteiger partial charge in [0.2, 0.25) is 0 Å². The van der Waals surface area contributed by atoms with E-state index in [-0.39, 0.29) is 6.10 Å². The largest absolute Gasteiger partial charge is 0.393 e. The van der Waals surface area contributed by atoms with E-state index in [1.54, 1.807) is 5.57 Å². The number of fused-ring (bicyclic) bond motifs is 5. The fraction of sp³-hybridized carbons (Fsp3) is 0.923. The Kier molecular flexibility index (Phi) is 7.21. The summed E-state index contributed by atoms with van der Waals surface area (Å²) < 4.78 is 9.50. The molecule has 4 rings (SSSR count). The molecule has 0 amide bonds. The number of alkyl halides is 1. The highest BCUT2D eigenvalue weighted by Gasteiger charge is 2.56. The van der Waals surface area contributed by atoms with E-state index in [1.807, 2.05) is 13.8 Å². The van der Waals surface area contributed by atoms with Gasteiger partial charge >= 0.3 is 0 Å². The van der Waals surface area contributed by atoms with Gasteiger partial charge in [0.05, 0.1) is 18.9 Å². The summed E-state index contributed by atoms with van der Waals surface area (Å²) in [5.41, 5.74) is 1.59. The number of hydrogen-bond donors (Lipinski definition) is 2. The summed E-state index contributed by atoms with van der Waals surface area (Å²) in [6.07, 6.45) is 14.7. The van der Waals surface area contributed by atoms with Crippen LogP contribution in [-0.4, -0.2) is 29.1 Å². The Labute approximate surface area is 178 Å². The maximum Gasteiger partial charge on any atom is 0.0785 e. The topological polar surface area (TPSA) is 40.5 Å². The van der Waals surface area contributed by atoms with Crippen molar-refractivity contribution in [3.63, 3.8) is 0 Å². The van der Waals surface area contributed by atoms with Crippen molar-refractivity contribution in [1.29, 1.82) is 0 Å². The number of hydrogen-bond acceptors (Lipinski definition) is 2. The molecule has 0 heterocycles. The molecule has 4 aliphatic carbocycles. The minimum absolute atomic E-state index is 0.0783. The van der Waals surface area contributed by atoms with Gasteiger partial charge < -0.3 is 10.2 Å². The van der Waals surface area contributed by atoms with Crippen molar-refractivity contribution in [2.45, 2.75) is 104 Å². The highest BCUT2D eigenvalue weighted by molar-refractivity contribution is 5.20. The lowest BCUT2D eigenvalue weighted by atomic mass is 9.51. The fourth-order valence-corrected chi connectivity index (χ4v) is 8.01. The Balaban J connectivity index is 0.00000117. The highest BCUT2D eigenvalue weighted by atomic mass is 19.1. The number of aliphatic hydroxyl groups is 2. The summed E-state index contributed by atoms with van der Waals surface area (Å²) in [4.78, 5) is 0. The molecule has 2 N–H and O–H groups in total. The molecule has 0 radical (unpaired) electrons. The molecule has 0 bridgehead atoms. The zero-order chi connectivity index (χ0) is 21.4. The predicted molar refractivity (Wildman–Crippen MR) is 118 cm³/mol. The summed E-state index contributed by atoms with van der Waals surface area (Å²) in [7, 11) is 0.500. The first kappa shape index (κ1) is 23.3. The van der Waals surface area contributed by atoms with Crippen LogP contribution in [0, 0.1) is 40.9 Å². The van der Waals surface area contributed by atoms with Gasteiger partial charge in [0.25, 0.3) is 0 Å². The van der Waals surface area contributed by atoms with Gasteiger partial charge in [-0.25, -0.2) is 0 Å². The molecule has 0 aromatic carbocycles. The lowest BCUT2D eigenvalue weighted by Crippen LogP contribution is -2.47. The Hall–Kier alpha value is -0.410. The molecule has 168 valence electrons. The standard InChI is InChI=1S/C25H42O2.CH3F/c1-16(11-13-24(2,3)27)22-9-10-23-21-7-5-17-15-18(26)6-8-19(17)20(21)12-14-25(22,23)4;1-2/h5,16,18-23,26-27H,6-15H2,1-4H3;1H3. The van der Waals surface area contributed by atoms with Crippen molar-refractivity contribution >= 4 is 0 Å². The van der Waals surface area contributed by atoms with Crippen LogP contribution in [0.25, 0.3) is 0 Å². The lowest BCUT2D eigenvalue weighted by molar-refractivity contribution is -0.0319. The maximum atomic E-state index is 10.2. The molecule has 0 saturated heterocycles. The summed E-state index contributed by atoms with van der Waals surface area (Å²) in [6.45, 7) is 8.99. The van der Waals surface area contributed by atoms with Crippen LogP contribution in [0.4, 0.5) is 4.39 Å². The van der Waals surface area contributed by atoms with Crippen LogP contribution in [0.1, 0.15) is 91.9 Å². The second-order valence-electron chi connectivity index (χ2n) is 11.5. The first-order valence-electron chi connectivity index (χ1n) is 12.2. The average Bonchev–Trinajstić information content (AvgIpc) is 3.04. The molecule has 3 saturated carbocycles. The molecule has 3 fully saturated rings. The molecule has 0 aromatic rings. The SMILES string of the molecule is CC(CCC(C)(C)O)C1CCC2C3CC=C4CC(O)CCC4C3CCC12C.CF. The average molecular weight is 409 g/mol. The molecule has 4 aliphatic rings. The van der Waals surface area contributed by atoms with Crippen LogP contribution in [0.15, 0.2) is 11.6 Å². The van der Waals surface area contributed by atoms with Crippen LogP contribution < -0.4 is 0 Å². The Morgan fingerprint density at radius 3 is 2.55 bits per heavy atom. The van der Waals surface area contributed by atoms with Gasteiger partial charge in [-0.1, -0.05) is 25.5 Å². The summed E-state index contributed by atoms with van der Waals surface area (Å²) in [5.74, 6) is 5.02. The van der Waals surface area contributed by atoms with Gasteiger partial charge in [-0.2, -0.15) is 0 Å². The molecular formula is C26H45FO2. The van der Waals surface area contributed by atoms with Crippen LogP contribution in [0.2, 0.25) is 0 Å². The molecule has 29 heavy (non-hydrogen) atoms. The number of allylic oxidation sites excluding steroid dienone is 1. The van der Waals surface area contributed by atoms with E-state index >= 15 is 0 Å². The van der Waals surface area contributed by atoms with Crippen molar-refractivity contribution < 1.29 is 14.6 Å². The molecule has 8 unspecified atom stereocenters. The van der Waals surface area contributed by atoms with Crippen molar-refractivity contribution in [3.05, 3.63) is 11.6 Å². The third-order valence-electron chi connectivity index (χ3n) is 9.39. The van der Waals surface area contributed by atoms with Crippen molar-refractivity contribution in [2.75, 3.05) is 7.18 Å². The number of halogens is 1. The van der Waals surface area contributed by atoms with Crippen molar-refractivity contribution in [1.82, 2.24) is 0 Å². The van der Waals surface area contributed by atoms with Gasteiger partial charge in [0.15, 0.2) is 0 Å². The van der Waals surface area contributed by atoms with Crippen LogP contribution in [-0.2, 0) is 0 Å². The van der Waals surface area contributed by atoms with E-state index in [1.165, 1.54) is 38.5 Å². The summed E-state index contributed by atoms with van der Waals surface area (Å²) >= 11 is 0. The zero-order valence-corrected chi connectivity index (χ0v) is 19.5. The third kappa shape index (κ3) is 4.61. The third-order valence-corrected chi connectivity index (χ3v) is 9.39. The Morgan fingerprint density at radius 1 is 1.14 bits per heavy atom. The van der Waals surface area contributed by atoms with Crippen molar-refractivity contribution in [3.8, 4) is 0 Å². The van der Waals surface area contributed by atoms with Gasteiger partial charge in [-0.3, -0.25) is 4.39 Å². The van der Waals surface area contributed by atoms with E-state index in [0.29, 0.717) is 12.6 Å². The molecule has 0 aromatic heterocycles. The molecule has 0 aliphatic heterocycles. The molecule has 3 heteroatoms. The minimum atomic E-state index is -0.527. The van der Waals surface area contributed by atoms with E-state index in [4.69, 9.17) is 0 Å². The van der Waals surface area contributed by atoms with Crippen LogP contribution in [0.3, 0.4) is 0 Å². The Bertz CT molecular complexity index is 580.